The van der Waals surface area contributed by atoms with Crippen molar-refractivity contribution in [3.63, 3.8) is 0 Å². The zero-order valence-corrected chi connectivity index (χ0v) is 14.8. The summed E-state index contributed by atoms with van der Waals surface area (Å²) < 4.78 is 13.8. The number of nitriles is 1. The average Bonchev–Trinajstić information content (AvgIpc) is 3.29. The number of aromatic nitrogens is 2. The molecule has 0 saturated carbocycles. The standard InChI is InChI=1S/C19H13FN4O2S/c20-15-3-1-2-12-8-24(9-14(12)15)17(26)5-13-10-27-19(23-13)18-16(25)4-11(6-21)7-22-18/h1,3-4,7-8,10,25H,2,5,9H2. The molecule has 27 heavy (non-hydrogen) atoms. The van der Waals surface area contributed by atoms with Crippen LogP contribution in [0, 0.1) is 11.3 Å². The van der Waals surface area contributed by atoms with E-state index in [0.717, 1.165) is 5.57 Å². The zero-order valence-electron chi connectivity index (χ0n) is 14.0. The first-order valence-corrected chi connectivity index (χ1v) is 9.02. The molecule has 2 aromatic rings. The van der Waals surface area contributed by atoms with Gasteiger partial charge in [-0.1, -0.05) is 6.08 Å². The molecular formula is C19H13FN4O2S. The molecule has 0 unspecified atom stereocenters. The van der Waals surface area contributed by atoms with Crippen molar-refractivity contribution < 1.29 is 14.3 Å². The van der Waals surface area contributed by atoms with Crippen LogP contribution in [0.5, 0.6) is 5.75 Å². The van der Waals surface area contributed by atoms with Crippen molar-refractivity contribution >= 4 is 17.2 Å². The summed E-state index contributed by atoms with van der Waals surface area (Å²) in [6, 6.07) is 3.23. The van der Waals surface area contributed by atoms with E-state index >= 15 is 0 Å². The summed E-state index contributed by atoms with van der Waals surface area (Å²) >= 11 is 1.25. The number of hydrogen-bond donors (Lipinski definition) is 1. The molecule has 0 radical (unpaired) electrons. The molecule has 1 aliphatic carbocycles. The van der Waals surface area contributed by atoms with Crippen LogP contribution in [0.25, 0.3) is 10.7 Å². The van der Waals surface area contributed by atoms with Crippen molar-refractivity contribution in [1.82, 2.24) is 14.9 Å². The van der Waals surface area contributed by atoms with Gasteiger partial charge >= 0.3 is 0 Å². The molecule has 1 aliphatic heterocycles. The number of amides is 1. The van der Waals surface area contributed by atoms with Crippen molar-refractivity contribution in [2.24, 2.45) is 0 Å². The second-order valence-corrected chi connectivity index (χ2v) is 6.99. The molecule has 1 N–H and O–H groups in total. The number of hydrogen-bond acceptors (Lipinski definition) is 6. The molecule has 0 saturated heterocycles. The van der Waals surface area contributed by atoms with Crippen LogP contribution in [0.2, 0.25) is 0 Å². The van der Waals surface area contributed by atoms with Gasteiger partial charge in [-0.2, -0.15) is 5.26 Å². The van der Waals surface area contributed by atoms with Crippen molar-refractivity contribution in [3.05, 3.63) is 64.2 Å². The van der Waals surface area contributed by atoms with E-state index in [1.54, 1.807) is 17.7 Å². The van der Waals surface area contributed by atoms with Gasteiger partial charge in [-0.25, -0.2) is 14.4 Å². The summed E-state index contributed by atoms with van der Waals surface area (Å²) in [5.74, 6) is -0.600. The van der Waals surface area contributed by atoms with Crippen LogP contribution < -0.4 is 0 Å². The predicted molar refractivity (Wildman–Crippen MR) is 97.1 cm³/mol. The maximum Gasteiger partial charge on any atom is 0.232 e. The van der Waals surface area contributed by atoms with Crippen molar-refractivity contribution in [1.29, 1.82) is 5.26 Å². The molecule has 1 amide bonds. The Bertz CT molecular complexity index is 1080. The maximum atomic E-state index is 13.8. The minimum Gasteiger partial charge on any atom is -0.506 e. The van der Waals surface area contributed by atoms with Gasteiger partial charge in [0.1, 0.15) is 28.3 Å². The van der Waals surface area contributed by atoms with Crippen LogP contribution in [0.4, 0.5) is 4.39 Å². The number of allylic oxidation sites excluding steroid dienone is 3. The Balaban J connectivity index is 1.49. The minimum absolute atomic E-state index is 0.0691. The molecule has 4 rings (SSSR count). The number of fused-ring (bicyclic) bond motifs is 1. The van der Waals surface area contributed by atoms with Gasteiger partial charge < -0.3 is 10.0 Å². The molecule has 2 aromatic heterocycles. The zero-order chi connectivity index (χ0) is 19.0. The van der Waals surface area contributed by atoms with Gasteiger partial charge in [0, 0.05) is 29.4 Å². The van der Waals surface area contributed by atoms with E-state index < -0.39 is 0 Å². The summed E-state index contributed by atoms with van der Waals surface area (Å²) in [5.41, 5.74) is 2.46. The van der Waals surface area contributed by atoms with Gasteiger partial charge in [0.2, 0.25) is 5.91 Å². The molecular weight excluding hydrogens is 367 g/mol. The lowest BCUT2D eigenvalue weighted by Crippen LogP contribution is -2.26. The van der Waals surface area contributed by atoms with E-state index in [-0.39, 0.29) is 41.7 Å². The second kappa shape index (κ2) is 6.78. The molecule has 0 spiro atoms. The smallest absolute Gasteiger partial charge is 0.232 e. The largest absolute Gasteiger partial charge is 0.506 e. The Kier molecular flexibility index (Phi) is 4.30. The first kappa shape index (κ1) is 17.1. The lowest BCUT2D eigenvalue weighted by atomic mass is 10.0. The average molecular weight is 380 g/mol. The molecule has 0 atom stereocenters. The fourth-order valence-corrected chi connectivity index (χ4v) is 3.79. The SMILES string of the molecule is N#Cc1cnc(-c2nc(CC(=O)N3C=C4CC=CC(F)=C4C3)cs2)c(O)c1. The summed E-state index contributed by atoms with van der Waals surface area (Å²) in [4.78, 5) is 22.5. The minimum atomic E-state index is -0.291. The molecule has 0 bridgehead atoms. The first-order valence-electron chi connectivity index (χ1n) is 8.15. The number of carbonyl (C=O) groups is 1. The van der Waals surface area contributed by atoms with Crippen LogP contribution in [0.15, 0.2) is 53.0 Å². The van der Waals surface area contributed by atoms with Crippen LogP contribution in [0.1, 0.15) is 17.7 Å². The third kappa shape index (κ3) is 3.25. The third-order valence-electron chi connectivity index (χ3n) is 4.32. The highest BCUT2D eigenvalue weighted by Gasteiger charge is 2.27. The normalized spacial score (nSPS) is 15.6. The Labute approximate surface area is 158 Å². The van der Waals surface area contributed by atoms with E-state index in [9.17, 15) is 14.3 Å². The number of rotatable bonds is 3. The van der Waals surface area contributed by atoms with Crippen LogP contribution in [-0.4, -0.2) is 32.4 Å². The van der Waals surface area contributed by atoms with Crippen molar-refractivity contribution in [3.8, 4) is 22.5 Å². The molecule has 0 aromatic carbocycles. The van der Waals surface area contributed by atoms with Gasteiger partial charge in [0.05, 0.1) is 24.2 Å². The second-order valence-electron chi connectivity index (χ2n) is 6.13. The monoisotopic (exact) mass is 380 g/mol. The van der Waals surface area contributed by atoms with Crippen LogP contribution >= 0.6 is 11.3 Å². The molecule has 0 fully saturated rings. The molecule has 2 aliphatic rings. The molecule has 3 heterocycles. The first-order chi connectivity index (χ1) is 13.0. The number of pyridine rings is 1. The van der Waals surface area contributed by atoms with Crippen molar-refractivity contribution in [2.75, 3.05) is 6.54 Å². The van der Waals surface area contributed by atoms with E-state index in [1.807, 2.05) is 6.07 Å². The highest BCUT2D eigenvalue weighted by atomic mass is 32.1. The highest BCUT2D eigenvalue weighted by molar-refractivity contribution is 7.13. The summed E-state index contributed by atoms with van der Waals surface area (Å²) in [6.45, 7) is 0.235. The number of carbonyl (C=O) groups excluding carboxylic acids is 1. The van der Waals surface area contributed by atoms with E-state index in [1.165, 1.54) is 34.6 Å². The Morgan fingerprint density at radius 3 is 3.07 bits per heavy atom. The number of halogens is 1. The van der Waals surface area contributed by atoms with Crippen LogP contribution in [-0.2, 0) is 11.2 Å². The molecule has 8 heteroatoms. The van der Waals surface area contributed by atoms with Crippen molar-refractivity contribution in [2.45, 2.75) is 12.8 Å². The molecule has 6 nitrogen and oxygen atoms in total. The Hall–Kier alpha value is -3.31. The third-order valence-corrected chi connectivity index (χ3v) is 5.22. The number of thiazole rings is 1. The van der Waals surface area contributed by atoms with E-state index in [4.69, 9.17) is 5.26 Å². The topological polar surface area (TPSA) is 90.1 Å². The maximum absolute atomic E-state index is 13.8. The van der Waals surface area contributed by atoms with E-state index in [2.05, 4.69) is 9.97 Å². The fraction of sp³-hybridized carbons (Fsp3) is 0.158. The summed E-state index contributed by atoms with van der Waals surface area (Å²) in [5, 5.41) is 21.0. The van der Waals surface area contributed by atoms with E-state index in [0.29, 0.717) is 22.7 Å². The van der Waals surface area contributed by atoms with Crippen LogP contribution in [0.3, 0.4) is 0 Å². The number of nitrogens with zero attached hydrogens (tertiary/aromatic N) is 4. The predicted octanol–water partition coefficient (Wildman–Crippen LogP) is 3.23. The van der Waals surface area contributed by atoms with Gasteiger partial charge in [0.25, 0.3) is 0 Å². The quantitative estimate of drug-likeness (QED) is 0.883. The molecule has 134 valence electrons. The Morgan fingerprint density at radius 2 is 2.33 bits per heavy atom. The number of aromatic hydroxyl groups is 1. The van der Waals surface area contributed by atoms with Gasteiger partial charge in [0.15, 0.2) is 0 Å². The fourth-order valence-electron chi connectivity index (χ4n) is 2.97. The summed E-state index contributed by atoms with van der Waals surface area (Å²) in [6.07, 6.45) is 6.92. The lowest BCUT2D eigenvalue weighted by Gasteiger charge is -2.13. The summed E-state index contributed by atoms with van der Waals surface area (Å²) in [7, 11) is 0. The van der Waals surface area contributed by atoms with Gasteiger partial charge in [-0.3, -0.25) is 4.79 Å². The Morgan fingerprint density at radius 1 is 1.48 bits per heavy atom. The highest BCUT2D eigenvalue weighted by Crippen LogP contribution is 2.33. The van der Waals surface area contributed by atoms with Gasteiger partial charge in [-0.15, -0.1) is 11.3 Å². The van der Waals surface area contributed by atoms with Gasteiger partial charge in [-0.05, 0) is 18.1 Å². The lowest BCUT2D eigenvalue weighted by molar-refractivity contribution is -0.127.